The average molecular weight is 302 g/mol. The molecule has 1 aromatic rings. The van der Waals surface area contributed by atoms with Crippen molar-refractivity contribution in [3.05, 3.63) is 29.6 Å². The lowest BCUT2D eigenvalue weighted by atomic mass is 9.85. The summed E-state index contributed by atoms with van der Waals surface area (Å²) in [5, 5.41) is 9.65. The summed E-state index contributed by atoms with van der Waals surface area (Å²) in [6, 6.07) is 4.26. The molecule has 1 saturated carbocycles. The van der Waals surface area contributed by atoms with Gasteiger partial charge in [-0.15, -0.1) is 0 Å². The fourth-order valence-electron chi connectivity index (χ4n) is 3.98. The van der Waals surface area contributed by atoms with Crippen molar-refractivity contribution in [1.82, 2.24) is 9.88 Å². The van der Waals surface area contributed by atoms with E-state index in [1.807, 2.05) is 17.2 Å². The Balaban J connectivity index is 1.78. The average Bonchev–Trinajstić information content (AvgIpc) is 2.56. The molecule has 1 fully saturated rings. The smallest absolute Gasteiger partial charge is 0.226 e. The topological polar surface area (TPSA) is 53.4 Å². The minimum Gasteiger partial charge on any atom is -0.393 e. The first-order valence-corrected chi connectivity index (χ1v) is 8.63. The summed E-state index contributed by atoms with van der Waals surface area (Å²) < 4.78 is 0. The molecule has 120 valence electrons. The standard InChI is InChI=1S/C18H26N2O2/c1-2-20(18(22)14-8-10-15(21)11-9-14)16-7-3-5-13-6-4-12-19-17(13)16/h4,6,12,14-16,21H,2-3,5,7-11H2,1H3/t14?,15?,16-/m0/s1. The molecule has 4 nitrogen and oxygen atoms in total. The third kappa shape index (κ3) is 3.02. The molecule has 1 amide bonds. The first-order valence-electron chi connectivity index (χ1n) is 8.63. The highest BCUT2D eigenvalue weighted by atomic mass is 16.3. The van der Waals surface area contributed by atoms with Gasteiger partial charge in [0.05, 0.1) is 17.8 Å². The number of rotatable bonds is 3. The zero-order valence-electron chi connectivity index (χ0n) is 13.4. The Morgan fingerprint density at radius 2 is 2.09 bits per heavy atom. The van der Waals surface area contributed by atoms with E-state index in [2.05, 4.69) is 18.0 Å². The summed E-state index contributed by atoms with van der Waals surface area (Å²) in [5.41, 5.74) is 2.39. The molecule has 1 atom stereocenters. The zero-order chi connectivity index (χ0) is 15.5. The number of aromatic nitrogens is 1. The van der Waals surface area contributed by atoms with Crippen LogP contribution in [-0.2, 0) is 11.2 Å². The second-order valence-electron chi connectivity index (χ2n) is 6.59. The number of fused-ring (bicyclic) bond motifs is 1. The summed E-state index contributed by atoms with van der Waals surface area (Å²) in [4.78, 5) is 19.6. The van der Waals surface area contributed by atoms with E-state index in [0.717, 1.165) is 57.2 Å². The molecular formula is C18H26N2O2. The van der Waals surface area contributed by atoms with Crippen molar-refractivity contribution in [2.45, 2.75) is 64.0 Å². The first kappa shape index (κ1) is 15.5. The molecule has 0 spiro atoms. The monoisotopic (exact) mass is 302 g/mol. The number of aliphatic hydroxyl groups is 1. The number of aryl methyl sites for hydroxylation is 1. The summed E-state index contributed by atoms with van der Waals surface area (Å²) in [5.74, 6) is 0.343. The Morgan fingerprint density at radius 1 is 1.32 bits per heavy atom. The van der Waals surface area contributed by atoms with E-state index in [4.69, 9.17) is 0 Å². The molecule has 0 radical (unpaired) electrons. The van der Waals surface area contributed by atoms with Crippen LogP contribution in [0, 0.1) is 5.92 Å². The maximum Gasteiger partial charge on any atom is 0.226 e. The molecule has 1 heterocycles. The van der Waals surface area contributed by atoms with E-state index in [0.29, 0.717) is 0 Å². The highest BCUT2D eigenvalue weighted by Crippen LogP contribution is 2.35. The summed E-state index contributed by atoms with van der Waals surface area (Å²) in [7, 11) is 0. The largest absolute Gasteiger partial charge is 0.393 e. The summed E-state index contributed by atoms with van der Waals surface area (Å²) in [6.45, 7) is 2.80. The van der Waals surface area contributed by atoms with Crippen molar-refractivity contribution in [1.29, 1.82) is 0 Å². The van der Waals surface area contributed by atoms with Crippen LogP contribution in [0.3, 0.4) is 0 Å². The molecule has 0 saturated heterocycles. The van der Waals surface area contributed by atoms with Gasteiger partial charge in [-0.25, -0.2) is 0 Å². The van der Waals surface area contributed by atoms with Gasteiger partial charge in [0.2, 0.25) is 5.91 Å². The Labute approximate surface area is 132 Å². The van der Waals surface area contributed by atoms with Crippen molar-refractivity contribution in [3.8, 4) is 0 Å². The molecule has 1 aromatic heterocycles. The number of carbonyl (C=O) groups excluding carboxylic acids is 1. The van der Waals surface area contributed by atoms with E-state index in [1.54, 1.807) is 0 Å². The maximum atomic E-state index is 13.0. The lowest BCUT2D eigenvalue weighted by Gasteiger charge is -2.37. The van der Waals surface area contributed by atoms with Gasteiger partial charge in [-0.1, -0.05) is 6.07 Å². The van der Waals surface area contributed by atoms with Crippen LogP contribution >= 0.6 is 0 Å². The molecule has 1 N–H and O–H groups in total. The van der Waals surface area contributed by atoms with E-state index in [9.17, 15) is 9.90 Å². The number of pyridine rings is 1. The van der Waals surface area contributed by atoms with Crippen LogP contribution in [0.2, 0.25) is 0 Å². The van der Waals surface area contributed by atoms with Gasteiger partial charge in [-0.3, -0.25) is 9.78 Å². The van der Waals surface area contributed by atoms with E-state index >= 15 is 0 Å². The molecule has 0 aromatic carbocycles. The summed E-state index contributed by atoms with van der Waals surface area (Å²) >= 11 is 0. The molecular weight excluding hydrogens is 276 g/mol. The van der Waals surface area contributed by atoms with Crippen molar-refractivity contribution in [3.63, 3.8) is 0 Å². The fraction of sp³-hybridized carbons (Fsp3) is 0.667. The number of nitrogens with zero attached hydrogens (tertiary/aromatic N) is 2. The number of aliphatic hydroxyl groups excluding tert-OH is 1. The number of amides is 1. The van der Waals surface area contributed by atoms with Crippen LogP contribution in [0.25, 0.3) is 0 Å². The minimum atomic E-state index is -0.212. The number of carbonyl (C=O) groups is 1. The van der Waals surface area contributed by atoms with Crippen LogP contribution in [0.1, 0.15) is 62.7 Å². The van der Waals surface area contributed by atoms with Gasteiger partial charge in [-0.05, 0) is 63.5 Å². The molecule has 0 unspecified atom stereocenters. The molecule has 0 bridgehead atoms. The molecule has 0 aliphatic heterocycles. The second-order valence-corrected chi connectivity index (χ2v) is 6.59. The predicted octanol–water partition coefficient (Wildman–Crippen LogP) is 2.86. The highest BCUT2D eigenvalue weighted by Gasteiger charge is 2.34. The van der Waals surface area contributed by atoms with Crippen LogP contribution in [0.5, 0.6) is 0 Å². The third-order valence-corrected chi connectivity index (χ3v) is 5.21. The second kappa shape index (κ2) is 6.78. The van der Waals surface area contributed by atoms with Crippen molar-refractivity contribution in [2.75, 3.05) is 6.54 Å². The lowest BCUT2D eigenvalue weighted by Crippen LogP contribution is -2.42. The van der Waals surface area contributed by atoms with Gasteiger partial charge in [0.1, 0.15) is 0 Å². The van der Waals surface area contributed by atoms with E-state index in [1.165, 1.54) is 5.56 Å². The quantitative estimate of drug-likeness (QED) is 0.934. The summed E-state index contributed by atoms with van der Waals surface area (Å²) in [6.07, 6.45) is 7.98. The van der Waals surface area contributed by atoms with Gasteiger partial charge in [0.25, 0.3) is 0 Å². The Bertz CT molecular complexity index is 524. The van der Waals surface area contributed by atoms with Crippen LogP contribution in [0.4, 0.5) is 0 Å². The Hall–Kier alpha value is -1.42. The molecule has 4 heteroatoms. The van der Waals surface area contributed by atoms with E-state index < -0.39 is 0 Å². The first-order chi connectivity index (χ1) is 10.7. The third-order valence-electron chi connectivity index (χ3n) is 5.21. The Kier molecular flexibility index (Phi) is 4.77. The Morgan fingerprint density at radius 3 is 2.82 bits per heavy atom. The van der Waals surface area contributed by atoms with Crippen molar-refractivity contribution in [2.24, 2.45) is 5.92 Å². The molecule has 2 aliphatic carbocycles. The molecule has 22 heavy (non-hydrogen) atoms. The maximum absolute atomic E-state index is 13.0. The number of hydrogen-bond donors (Lipinski definition) is 1. The van der Waals surface area contributed by atoms with Gasteiger partial charge in [-0.2, -0.15) is 0 Å². The lowest BCUT2D eigenvalue weighted by molar-refractivity contribution is -0.140. The normalized spacial score (nSPS) is 28.0. The van der Waals surface area contributed by atoms with Gasteiger partial charge in [0, 0.05) is 18.7 Å². The SMILES string of the molecule is CCN(C(=O)C1CCC(O)CC1)[C@H]1CCCc2cccnc21. The molecule has 2 aliphatic rings. The van der Waals surface area contributed by atoms with Crippen molar-refractivity contribution < 1.29 is 9.90 Å². The van der Waals surface area contributed by atoms with Crippen molar-refractivity contribution >= 4 is 5.91 Å². The van der Waals surface area contributed by atoms with E-state index in [-0.39, 0.29) is 24.0 Å². The number of hydrogen-bond acceptors (Lipinski definition) is 3. The zero-order valence-corrected chi connectivity index (χ0v) is 13.4. The minimum absolute atomic E-state index is 0.0810. The molecule has 3 rings (SSSR count). The van der Waals surface area contributed by atoms with Gasteiger partial charge < -0.3 is 10.0 Å². The predicted molar refractivity (Wildman–Crippen MR) is 85.3 cm³/mol. The highest BCUT2D eigenvalue weighted by molar-refractivity contribution is 5.79. The van der Waals surface area contributed by atoms with Gasteiger partial charge in [0.15, 0.2) is 0 Å². The van der Waals surface area contributed by atoms with Crippen LogP contribution < -0.4 is 0 Å². The fourth-order valence-corrected chi connectivity index (χ4v) is 3.98. The van der Waals surface area contributed by atoms with Crippen LogP contribution in [0.15, 0.2) is 18.3 Å². The van der Waals surface area contributed by atoms with Gasteiger partial charge >= 0.3 is 0 Å². The van der Waals surface area contributed by atoms with Crippen LogP contribution in [-0.4, -0.2) is 33.5 Å².